The first-order valence-electron chi connectivity index (χ1n) is 8.01. The minimum atomic E-state index is -0.541. The van der Waals surface area contributed by atoms with Crippen molar-refractivity contribution in [2.24, 2.45) is 0 Å². The van der Waals surface area contributed by atoms with Gasteiger partial charge in [0.1, 0.15) is 5.75 Å². The van der Waals surface area contributed by atoms with Gasteiger partial charge in [-0.25, -0.2) is 0 Å². The first-order chi connectivity index (χ1) is 11.1. The van der Waals surface area contributed by atoms with Gasteiger partial charge in [0, 0.05) is 19.6 Å². The Hall–Kier alpha value is -1.63. The lowest BCUT2D eigenvalue weighted by Crippen LogP contribution is -2.56. The van der Waals surface area contributed by atoms with Crippen molar-refractivity contribution in [3.05, 3.63) is 30.3 Å². The van der Waals surface area contributed by atoms with E-state index in [0.717, 1.165) is 0 Å². The van der Waals surface area contributed by atoms with E-state index in [2.05, 4.69) is 0 Å². The quantitative estimate of drug-likeness (QED) is 0.797. The highest BCUT2D eigenvalue weighted by atomic mass is 16.5. The molecule has 1 heterocycles. The topological polar surface area (TPSA) is 62.2 Å². The molecule has 2 atom stereocenters. The van der Waals surface area contributed by atoms with Crippen LogP contribution in [0.4, 0.5) is 0 Å². The molecular weight excluding hydrogens is 296 g/mol. The number of aliphatic hydroxyl groups excluding tert-OH is 1. The van der Waals surface area contributed by atoms with E-state index in [4.69, 9.17) is 14.6 Å². The van der Waals surface area contributed by atoms with E-state index >= 15 is 0 Å². The van der Waals surface area contributed by atoms with Crippen LogP contribution in [0.25, 0.3) is 0 Å². The third-order valence-corrected chi connectivity index (χ3v) is 3.92. The van der Waals surface area contributed by atoms with E-state index in [-0.39, 0.29) is 18.6 Å². The summed E-state index contributed by atoms with van der Waals surface area (Å²) in [5.41, 5.74) is 0. The average Bonchev–Trinajstić information content (AvgIpc) is 2.56. The van der Waals surface area contributed by atoms with E-state index in [1.165, 1.54) is 0 Å². The molecule has 1 aliphatic heterocycles. The van der Waals surface area contributed by atoms with Crippen LogP contribution < -0.4 is 4.74 Å². The number of ether oxygens (including phenoxy) is 2. The van der Waals surface area contributed by atoms with Crippen molar-refractivity contribution in [3.63, 3.8) is 0 Å². The maximum absolute atomic E-state index is 12.7. The SMILES string of the molecule is CC(Oc1ccccc1)C(=O)N1CCOCC1CN(C)CCO. The molecule has 6 heteroatoms. The first-order valence-corrected chi connectivity index (χ1v) is 8.01. The van der Waals surface area contributed by atoms with Gasteiger partial charge in [0.15, 0.2) is 6.10 Å². The fourth-order valence-electron chi connectivity index (χ4n) is 2.71. The van der Waals surface area contributed by atoms with Crippen molar-refractivity contribution < 1.29 is 19.4 Å². The number of hydrogen-bond donors (Lipinski definition) is 1. The minimum absolute atomic E-state index is 0.0189. The zero-order chi connectivity index (χ0) is 16.7. The van der Waals surface area contributed by atoms with E-state index in [9.17, 15) is 4.79 Å². The molecule has 1 amide bonds. The molecule has 23 heavy (non-hydrogen) atoms. The Morgan fingerprint density at radius 1 is 1.48 bits per heavy atom. The van der Waals surface area contributed by atoms with Crippen LogP contribution in [0.1, 0.15) is 6.92 Å². The van der Waals surface area contributed by atoms with Crippen LogP contribution in [0.15, 0.2) is 30.3 Å². The van der Waals surface area contributed by atoms with Crippen LogP contribution in [0.3, 0.4) is 0 Å². The highest BCUT2D eigenvalue weighted by molar-refractivity contribution is 5.81. The van der Waals surface area contributed by atoms with E-state index in [0.29, 0.717) is 38.6 Å². The molecule has 0 aliphatic carbocycles. The van der Waals surface area contributed by atoms with Crippen LogP contribution >= 0.6 is 0 Å². The summed E-state index contributed by atoms with van der Waals surface area (Å²) in [7, 11) is 1.93. The minimum Gasteiger partial charge on any atom is -0.481 e. The summed E-state index contributed by atoms with van der Waals surface area (Å²) in [6, 6.07) is 9.34. The summed E-state index contributed by atoms with van der Waals surface area (Å²) < 4.78 is 11.3. The Morgan fingerprint density at radius 2 is 2.22 bits per heavy atom. The summed E-state index contributed by atoms with van der Waals surface area (Å²) in [6.07, 6.45) is -0.541. The molecular formula is C17H26N2O4. The first kappa shape index (κ1) is 17.7. The van der Waals surface area contributed by atoms with Crippen molar-refractivity contribution in [1.29, 1.82) is 0 Å². The molecule has 0 spiro atoms. The molecule has 0 aromatic heterocycles. The van der Waals surface area contributed by atoms with Gasteiger partial charge in [-0.15, -0.1) is 0 Å². The zero-order valence-electron chi connectivity index (χ0n) is 13.9. The maximum Gasteiger partial charge on any atom is 0.263 e. The molecule has 1 aromatic carbocycles. The summed E-state index contributed by atoms with van der Waals surface area (Å²) in [4.78, 5) is 16.6. The molecule has 0 radical (unpaired) electrons. The van der Waals surface area contributed by atoms with Crippen molar-refractivity contribution in [3.8, 4) is 5.75 Å². The number of rotatable bonds is 7. The van der Waals surface area contributed by atoms with Gasteiger partial charge in [-0.05, 0) is 26.1 Å². The van der Waals surface area contributed by atoms with Crippen molar-refractivity contribution in [2.45, 2.75) is 19.1 Å². The Labute approximate surface area is 137 Å². The number of carbonyl (C=O) groups excluding carboxylic acids is 1. The maximum atomic E-state index is 12.7. The second-order valence-electron chi connectivity index (χ2n) is 5.82. The summed E-state index contributed by atoms with van der Waals surface area (Å²) in [6.45, 7) is 4.76. The molecule has 1 N–H and O–H groups in total. The highest BCUT2D eigenvalue weighted by Gasteiger charge is 2.31. The van der Waals surface area contributed by atoms with E-state index in [1.54, 1.807) is 6.92 Å². The second-order valence-corrected chi connectivity index (χ2v) is 5.82. The van der Waals surface area contributed by atoms with Crippen LogP contribution in [-0.4, -0.2) is 79.5 Å². The van der Waals surface area contributed by atoms with Gasteiger partial charge in [-0.1, -0.05) is 18.2 Å². The Morgan fingerprint density at radius 3 is 2.91 bits per heavy atom. The number of hydrogen-bond acceptors (Lipinski definition) is 5. The standard InChI is InChI=1S/C17H26N2O4/c1-14(23-16-6-4-3-5-7-16)17(21)19-9-11-22-13-15(19)12-18(2)8-10-20/h3-7,14-15,20H,8-13H2,1-2H3. The number of nitrogens with zero attached hydrogens (tertiary/aromatic N) is 2. The Balaban J connectivity index is 1.96. The van der Waals surface area contributed by atoms with E-state index < -0.39 is 6.10 Å². The van der Waals surface area contributed by atoms with Gasteiger partial charge in [-0.3, -0.25) is 4.79 Å². The molecule has 128 valence electrons. The number of para-hydroxylation sites is 1. The van der Waals surface area contributed by atoms with Crippen LogP contribution in [0.2, 0.25) is 0 Å². The summed E-state index contributed by atoms with van der Waals surface area (Å²) in [5.74, 6) is 0.662. The van der Waals surface area contributed by atoms with E-state index in [1.807, 2.05) is 47.2 Å². The molecule has 1 saturated heterocycles. The molecule has 2 unspecified atom stereocenters. The zero-order valence-corrected chi connectivity index (χ0v) is 13.9. The smallest absolute Gasteiger partial charge is 0.263 e. The van der Waals surface area contributed by atoms with Gasteiger partial charge in [0.25, 0.3) is 5.91 Å². The van der Waals surface area contributed by atoms with Gasteiger partial charge >= 0.3 is 0 Å². The fraction of sp³-hybridized carbons (Fsp3) is 0.588. The lowest BCUT2D eigenvalue weighted by atomic mass is 10.2. The number of benzene rings is 1. The third kappa shape index (κ3) is 5.20. The van der Waals surface area contributed by atoms with Crippen LogP contribution in [0.5, 0.6) is 5.75 Å². The molecule has 1 aromatic rings. The van der Waals surface area contributed by atoms with Crippen molar-refractivity contribution in [2.75, 3.05) is 46.5 Å². The molecule has 1 fully saturated rings. The monoisotopic (exact) mass is 322 g/mol. The van der Waals surface area contributed by atoms with Crippen LogP contribution in [-0.2, 0) is 9.53 Å². The molecule has 6 nitrogen and oxygen atoms in total. The Bertz CT molecular complexity index is 483. The third-order valence-electron chi connectivity index (χ3n) is 3.92. The molecule has 0 saturated carbocycles. The average molecular weight is 322 g/mol. The number of likely N-dealkylation sites (N-methyl/N-ethyl adjacent to an activating group) is 1. The van der Waals surface area contributed by atoms with Gasteiger partial charge in [-0.2, -0.15) is 0 Å². The molecule has 0 bridgehead atoms. The van der Waals surface area contributed by atoms with Crippen molar-refractivity contribution in [1.82, 2.24) is 9.80 Å². The highest BCUT2D eigenvalue weighted by Crippen LogP contribution is 2.15. The van der Waals surface area contributed by atoms with Gasteiger partial charge < -0.3 is 24.4 Å². The van der Waals surface area contributed by atoms with Crippen molar-refractivity contribution >= 4 is 5.91 Å². The number of amides is 1. The second kappa shape index (κ2) is 8.86. The van der Waals surface area contributed by atoms with Crippen LogP contribution in [0, 0.1) is 0 Å². The number of carbonyl (C=O) groups is 1. The lowest BCUT2D eigenvalue weighted by Gasteiger charge is -2.38. The number of aliphatic hydroxyl groups is 1. The number of morpholine rings is 1. The molecule has 2 rings (SSSR count). The predicted molar refractivity (Wildman–Crippen MR) is 87.4 cm³/mol. The Kier molecular flexibility index (Phi) is 6.83. The predicted octanol–water partition coefficient (Wildman–Crippen LogP) is 0.605. The van der Waals surface area contributed by atoms with Gasteiger partial charge in [0.2, 0.25) is 0 Å². The fourth-order valence-corrected chi connectivity index (χ4v) is 2.71. The largest absolute Gasteiger partial charge is 0.481 e. The molecule has 1 aliphatic rings. The lowest BCUT2D eigenvalue weighted by molar-refractivity contribution is -0.147. The van der Waals surface area contributed by atoms with Gasteiger partial charge in [0.05, 0.1) is 25.9 Å². The normalized spacial score (nSPS) is 19.7. The summed E-state index contributed by atoms with van der Waals surface area (Å²) in [5, 5.41) is 9.02. The summed E-state index contributed by atoms with van der Waals surface area (Å²) >= 11 is 0.